The average molecular weight is 1030 g/mol. The lowest BCUT2D eigenvalue weighted by molar-refractivity contribution is -0.143. The molecule has 6 heterocycles. The first kappa shape index (κ1) is 52.1. The highest BCUT2D eigenvalue weighted by molar-refractivity contribution is 7.92. The standard InChI is InChI=1S/C53H69N13O7S/c1-7-45(67)59-46(51(70)66-19-11-16-42(66)49(68)58-40-15-10-13-35-12-8-9-14-38(35)40)36-17-20-64(21-18-36)50(69)37-30-54-52(55-31-37)65-24-22-63(23-25-65)26-27-73-43-29-41-39(28-44(43)74(71,72)53(4,5)6)48(57-32-56-41)60-47-33(2)34(3)61-62-47/h8-9,12,14,28-32,36,40,42,46H,7,10-11,13,15-27H2,1-6H3,(H,58,68)(H,59,67)(H2,56,57,60,61,62)/t40-,42+,46+/m1/s1. The minimum Gasteiger partial charge on any atom is -0.491 e. The van der Waals surface area contributed by atoms with Crippen LogP contribution in [0.15, 0.2) is 60.0 Å². The van der Waals surface area contributed by atoms with Crippen molar-refractivity contribution in [3.05, 3.63) is 83.1 Å². The summed E-state index contributed by atoms with van der Waals surface area (Å²) in [6.45, 7) is 15.2. The fourth-order valence-electron chi connectivity index (χ4n) is 10.5. The number of anilines is 3. The summed E-state index contributed by atoms with van der Waals surface area (Å²) in [5.74, 6) is 0.723. The first-order chi connectivity index (χ1) is 35.5. The Bertz CT molecular complexity index is 2980. The zero-order valence-corrected chi connectivity index (χ0v) is 44.1. The third kappa shape index (κ3) is 11.0. The Morgan fingerprint density at radius 2 is 1.62 bits per heavy atom. The van der Waals surface area contributed by atoms with Crippen LogP contribution in [0.4, 0.5) is 17.6 Å². The lowest BCUT2D eigenvalue weighted by atomic mass is 9.87. The molecule has 0 spiro atoms. The Hall–Kier alpha value is -6.74. The van der Waals surface area contributed by atoms with Gasteiger partial charge in [-0.05, 0) is 103 Å². The molecule has 0 unspecified atom stereocenters. The van der Waals surface area contributed by atoms with Gasteiger partial charge >= 0.3 is 0 Å². The summed E-state index contributed by atoms with van der Waals surface area (Å²) < 4.78 is 33.2. The predicted octanol–water partition coefficient (Wildman–Crippen LogP) is 5.21. The van der Waals surface area contributed by atoms with Crippen LogP contribution in [0.3, 0.4) is 0 Å². The SMILES string of the molecule is CCC(=O)N[C@H](C(=O)N1CCC[C@H]1C(=O)N[C@@H]1CCCc2ccccc21)C1CCN(C(=O)c2cnc(N3CCN(CCOc4cc5ncnc(Nc6n[nH]c(C)c6C)c5cc4S(=O)(=O)C(C)(C)C)CC3)nc2)CC1. The normalized spacial score (nSPS) is 19.2. The van der Waals surface area contributed by atoms with E-state index < -0.39 is 26.7 Å². The van der Waals surface area contributed by atoms with Crippen LogP contribution >= 0.6 is 0 Å². The van der Waals surface area contributed by atoms with E-state index in [9.17, 15) is 27.6 Å². The molecular weight excluding hydrogens is 963 g/mol. The third-order valence-corrected chi connectivity index (χ3v) is 17.7. The summed E-state index contributed by atoms with van der Waals surface area (Å²) in [5, 5.41) is 17.3. The van der Waals surface area contributed by atoms with Crippen LogP contribution in [0.5, 0.6) is 5.75 Å². The van der Waals surface area contributed by atoms with Gasteiger partial charge in [-0.2, -0.15) is 5.10 Å². The highest BCUT2D eigenvalue weighted by atomic mass is 32.2. The minimum absolute atomic E-state index is 0.0624. The highest BCUT2D eigenvalue weighted by Gasteiger charge is 2.42. The van der Waals surface area contributed by atoms with Gasteiger partial charge in [0.25, 0.3) is 5.91 Å². The number of fused-ring (bicyclic) bond motifs is 2. The molecule has 3 fully saturated rings. The van der Waals surface area contributed by atoms with Crippen LogP contribution in [-0.2, 0) is 30.6 Å². The molecule has 0 radical (unpaired) electrons. The molecule has 21 heteroatoms. The van der Waals surface area contributed by atoms with Crippen LogP contribution in [0.25, 0.3) is 10.9 Å². The van der Waals surface area contributed by atoms with Crippen LogP contribution in [0, 0.1) is 19.8 Å². The Kier molecular flexibility index (Phi) is 15.5. The van der Waals surface area contributed by atoms with E-state index in [1.807, 2.05) is 26.0 Å². The zero-order chi connectivity index (χ0) is 52.3. The molecule has 3 atom stereocenters. The molecule has 394 valence electrons. The molecule has 4 amide bonds. The van der Waals surface area contributed by atoms with E-state index in [-0.39, 0.29) is 59.3 Å². The average Bonchev–Trinajstić information content (AvgIpc) is 4.03. The largest absolute Gasteiger partial charge is 0.491 e. The maximum absolute atomic E-state index is 14.4. The number of likely N-dealkylation sites (tertiary alicyclic amines) is 2. The number of hydrogen-bond donors (Lipinski definition) is 4. The van der Waals surface area contributed by atoms with Crippen LogP contribution < -0.4 is 25.6 Å². The van der Waals surface area contributed by atoms with Gasteiger partial charge in [0.15, 0.2) is 15.7 Å². The number of aromatic amines is 1. The number of rotatable bonds is 15. The minimum atomic E-state index is -3.85. The van der Waals surface area contributed by atoms with Crippen LogP contribution in [0.1, 0.15) is 111 Å². The van der Waals surface area contributed by atoms with E-state index in [4.69, 9.17) is 4.74 Å². The third-order valence-electron chi connectivity index (χ3n) is 15.2. The molecule has 20 nitrogen and oxygen atoms in total. The Labute approximate surface area is 432 Å². The van der Waals surface area contributed by atoms with E-state index in [1.165, 1.54) is 11.9 Å². The summed E-state index contributed by atoms with van der Waals surface area (Å²) in [6.07, 6.45) is 9.85. The van der Waals surface area contributed by atoms with Crippen LogP contribution in [-0.4, -0.2) is 153 Å². The summed E-state index contributed by atoms with van der Waals surface area (Å²) in [5.41, 5.74) is 5.10. The zero-order valence-electron chi connectivity index (χ0n) is 43.3. The van der Waals surface area contributed by atoms with Crippen LogP contribution in [0.2, 0.25) is 0 Å². The van der Waals surface area contributed by atoms with Gasteiger partial charge in [-0.25, -0.2) is 28.4 Å². The van der Waals surface area contributed by atoms with Gasteiger partial charge in [0.1, 0.15) is 41.5 Å². The molecule has 3 saturated heterocycles. The van der Waals surface area contributed by atoms with E-state index in [1.54, 1.807) is 62.0 Å². The highest BCUT2D eigenvalue weighted by Crippen LogP contribution is 2.38. The molecule has 0 bridgehead atoms. The van der Waals surface area contributed by atoms with Crippen molar-refractivity contribution in [1.82, 2.24) is 55.5 Å². The molecule has 2 aromatic carbocycles. The Balaban J connectivity index is 0.771. The second kappa shape index (κ2) is 22.0. The molecular formula is C53H69N13O7S. The lowest BCUT2D eigenvalue weighted by Gasteiger charge is -2.38. The van der Waals surface area contributed by atoms with E-state index >= 15 is 0 Å². The van der Waals surface area contributed by atoms with Crippen molar-refractivity contribution in [3.8, 4) is 5.75 Å². The number of piperazine rings is 1. The topological polar surface area (TPSA) is 241 Å². The van der Waals surface area contributed by atoms with E-state index in [2.05, 4.69) is 68.0 Å². The van der Waals surface area contributed by atoms with Crippen molar-refractivity contribution in [2.75, 3.05) is 69.2 Å². The Morgan fingerprint density at radius 1 is 0.878 bits per heavy atom. The molecule has 4 aliphatic rings. The van der Waals surface area contributed by atoms with E-state index in [0.717, 1.165) is 36.1 Å². The molecule has 0 saturated carbocycles. The number of carbonyl (C=O) groups excluding carboxylic acids is 4. The van der Waals surface area contributed by atoms with Gasteiger partial charge in [0.2, 0.25) is 23.7 Å². The smallest absolute Gasteiger partial charge is 0.256 e. The molecule has 9 rings (SSSR count). The predicted molar refractivity (Wildman–Crippen MR) is 280 cm³/mol. The van der Waals surface area contributed by atoms with Gasteiger partial charge in [-0.1, -0.05) is 31.2 Å². The number of nitrogens with zero attached hydrogens (tertiary/aromatic N) is 9. The number of ether oxygens (including phenoxy) is 1. The Morgan fingerprint density at radius 3 is 2.32 bits per heavy atom. The van der Waals surface area contributed by atoms with Crippen molar-refractivity contribution >= 4 is 62.0 Å². The molecule has 74 heavy (non-hydrogen) atoms. The van der Waals surface area contributed by atoms with Gasteiger partial charge in [0, 0.05) is 93.9 Å². The maximum Gasteiger partial charge on any atom is 0.256 e. The number of aromatic nitrogens is 6. The number of amides is 4. The molecule has 1 aliphatic carbocycles. The van der Waals surface area contributed by atoms with Gasteiger partial charge in [0.05, 0.1) is 21.9 Å². The van der Waals surface area contributed by atoms with Gasteiger partial charge in [-0.15, -0.1) is 0 Å². The fraction of sp³-hybridized carbons (Fsp3) is 0.528. The first-order valence-electron chi connectivity index (χ1n) is 26.0. The summed E-state index contributed by atoms with van der Waals surface area (Å²) in [4.78, 5) is 80.7. The molecule has 3 aliphatic heterocycles. The number of piperidine rings is 1. The molecule has 5 aromatic rings. The van der Waals surface area contributed by atoms with Crippen molar-refractivity contribution in [3.63, 3.8) is 0 Å². The number of nitrogens with one attached hydrogen (secondary N) is 4. The monoisotopic (exact) mass is 1030 g/mol. The lowest BCUT2D eigenvalue weighted by Crippen LogP contribution is -2.57. The number of hydrogen-bond acceptors (Lipinski definition) is 15. The van der Waals surface area contributed by atoms with E-state index in [0.29, 0.717) is 112 Å². The van der Waals surface area contributed by atoms with Gasteiger partial charge in [-0.3, -0.25) is 29.2 Å². The number of aryl methyl sites for hydroxylation is 2. The summed E-state index contributed by atoms with van der Waals surface area (Å²) >= 11 is 0. The number of H-pyrrole nitrogens is 1. The van der Waals surface area contributed by atoms with Crippen molar-refractivity contribution < 1.29 is 32.3 Å². The summed E-state index contributed by atoms with van der Waals surface area (Å²) in [7, 11) is -3.85. The summed E-state index contributed by atoms with van der Waals surface area (Å²) in [6, 6.07) is 9.95. The number of benzene rings is 2. The van der Waals surface area contributed by atoms with Crippen molar-refractivity contribution in [1.29, 1.82) is 0 Å². The quantitative estimate of drug-likeness (QED) is 0.105. The van der Waals surface area contributed by atoms with Crippen molar-refractivity contribution in [2.24, 2.45) is 5.92 Å². The number of carbonyl (C=O) groups is 4. The second-order valence-corrected chi connectivity index (χ2v) is 23.6. The fourth-order valence-corrected chi connectivity index (χ4v) is 11.8. The molecule has 3 aromatic heterocycles. The van der Waals surface area contributed by atoms with Crippen molar-refractivity contribution in [2.45, 2.75) is 121 Å². The maximum atomic E-state index is 14.4. The second-order valence-electron chi connectivity index (χ2n) is 20.9. The molecule has 4 N–H and O–H groups in total. The number of sulfone groups is 1. The van der Waals surface area contributed by atoms with Gasteiger partial charge < -0.3 is 35.4 Å². The first-order valence-corrected chi connectivity index (χ1v) is 27.5.